The van der Waals surface area contributed by atoms with Crippen LogP contribution in [0.25, 0.3) is 0 Å². The van der Waals surface area contributed by atoms with Crippen LogP contribution in [0.3, 0.4) is 0 Å². The first-order chi connectivity index (χ1) is 6.90. The molecule has 1 saturated carbocycles. The molecule has 0 aromatic rings. The van der Waals surface area contributed by atoms with Gasteiger partial charge >= 0.3 is 0 Å². The first kappa shape index (κ1) is 10.2. The molecule has 0 spiro atoms. The van der Waals surface area contributed by atoms with E-state index < -0.39 is 0 Å². The number of aliphatic hydroxyl groups excluding tert-OH is 1. The summed E-state index contributed by atoms with van der Waals surface area (Å²) in [6.45, 7) is 2.40. The number of nitrogens with zero attached hydrogens (tertiary/aromatic N) is 1. The fourth-order valence-corrected chi connectivity index (χ4v) is 2.34. The molecule has 2 heteroatoms. The summed E-state index contributed by atoms with van der Waals surface area (Å²) in [5.74, 6) is 0.840. The summed E-state index contributed by atoms with van der Waals surface area (Å²) in [5, 5.41) is 8.99. The van der Waals surface area contributed by atoms with Gasteiger partial charge in [-0.3, -0.25) is 4.90 Å². The Kier molecular flexibility index (Phi) is 3.60. The monoisotopic (exact) mass is 195 g/mol. The minimum Gasteiger partial charge on any atom is -0.395 e. The van der Waals surface area contributed by atoms with Crippen molar-refractivity contribution in [1.82, 2.24) is 4.90 Å². The Morgan fingerprint density at radius 1 is 1.21 bits per heavy atom. The summed E-state index contributed by atoms with van der Waals surface area (Å²) in [4.78, 5) is 2.49. The first-order valence-corrected chi connectivity index (χ1v) is 5.90. The Hall–Kier alpha value is -0.340. The third kappa shape index (κ3) is 2.82. The van der Waals surface area contributed by atoms with Crippen molar-refractivity contribution in [3.05, 3.63) is 12.2 Å². The van der Waals surface area contributed by atoms with E-state index in [2.05, 4.69) is 17.1 Å². The average molecular weight is 195 g/mol. The molecule has 1 N–H and O–H groups in total. The van der Waals surface area contributed by atoms with Crippen LogP contribution in [0.1, 0.15) is 32.1 Å². The Balaban J connectivity index is 1.77. The molecule has 14 heavy (non-hydrogen) atoms. The van der Waals surface area contributed by atoms with Crippen molar-refractivity contribution in [3.63, 3.8) is 0 Å². The molecule has 0 heterocycles. The lowest BCUT2D eigenvalue weighted by atomic mass is 9.94. The third-order valence-electron chi connectivity index (χ3n) is 3.32. The lowest BCUT2D eigenvalue weighted by Crippen LogP contribution is -2.34. The largest absolute Gasteiger partial charge is 0.395 e. The van der Waals surface area contributed by atoms with Crippen molar-refractivity contribution in [2.24, 2.45) is 5.92 Å². The molecule has 0 bridgehead atoms. The van der Waals surface area contributed by atoms with Crippen LogP contribution in [-0.4, -0.2) is 35.7 Å². The SMILES string of the molecule is OCCN(CC1CC=CCC1)C1CC1. The van der Waals surface area contributed by atoms with E-state index in [1.165, 1.54) is 38.6 Å². The summed E-state index contributed by atoms with van der Waals surface area (Å²) < 4.78 is 0. The number of rotatable bonds is 5. The quantitative estimate of drug-likeness (QED) is 0.676. The molecular weight excluding hydrogens is 174 g/mol. The van der Waals surface area contributed by atoms with Gasteiger partial charge in [-0.1, -0.05) is 12.2 Å². The molecule has 0 aliphatic heterocycles. The molecule has 0 aromatic heterocycles. The molecule has 0 amide bonds. The summed E-state index contributed by atoms with van der Waals surface area (Å²) in [6.07, 6.45) is 11.1. The second kappa shape index (κ2) is 4.94. The molecule has 0 aromatic carbocycles. The van der Waals surface area contributed by atoms with Crippen LogP contribution in [-0.2, 0) is 0 Å². The molecule has 0 radical (unpaired) electrons. The summed E-state index contributed by atoms with van der Waals surface area (Å²) in [7, 11) is 0. The maximum absolute atomic E-state index is 8.99. The van der Waals surface area contributed by atoms with E-state index in [4.69, 9.17) is 5.11 Å². The van der Waals surface area contributed by atoms with Gasteiger partial charge in [-0.05, 0) is 38.0 Å². The second-order valence-corrected chi connectivity index (χ2v) is 4.60. The summed E-state index contributed by atoms with van der Waals surface area (Å²) in [6, 6.07) is 0.799. The van der Waals surface area contributed by atoms with Gasteiger partial charge in [0.2, 0.25) is 0 Å². The summed E-state index contributed by atoms with van der Waals surface area (Å²) >= 11 is 0. The van der Waals surface area contributed by atoms with Gasteiger partial charge in [-0.2, -0.15) is 0 Å². The number of hydrogen-bond donors (Lipinski definition) is 1. The van der Waals surface area contributed by atoms with Gasteiger partial charge in [-0.25, -0.2) is 0 Å². The molecule has 1 fully saturated rings. The van der Waals surface area contributed by atoms with Crippen LogP contribution in [0.5, 0.6) is 0 Å². The standard InChI is InChI=1S/C12H21NO/c14-9-8-13(12-6-7-12)10-11-4-2-1-3-5-11/h1-2,11-12,14H,3-10H2. The Morgan fingerprint density at radius 2 is 2.07 bits per heavy atom. The third-order valence-corrected chi connectivity index (χ3v) is 3.32. The molecule has 1 atom stereocenters. The van der Waals surface area contributed by atoms with Crippen molar-refractivity contribution in [3.8, 4) is 0 Å². The van der Waals surface area contributed by atoms with Gasteiger partial charge in [0.1, 0.15) is 0 Å². The predicted octanol–water partition coefficient (Wildman–Crippen LogP) is 1.80. The van der Waals surface area contributed by atoms with E-state index in [-0.39, 0.29) is 0 Å². The predicted molar refractivity (Wildman–Crippen MR) is 58.2 cm³/mol. The minimum absolute atomic E-state index is 0.319. The van der Waals surface area contributed by atoms with Crippen LogP contribution in [0.2, 0.25) is 0 Å². The van der Waals surface area contributed by atoms with Crippen LogP contribution in [0.15, 0.2) is 12.2 Å². The van der Waals surface area contributed by atoms with Crippen molar-refractivity contribution in [2.45, 2.75) is 38.1 Å². The fraction of sp³-hybridized carbons (Fsp3) is 0.833. The number of hydrogen-bond acceptors (Lipinski definition) is 2. The van der Waals surface area contributed by atoms with Crippen LogP contribution < -0.4 is 0 Å². The fourth-order valence-electron chi connectivity index (χ4n) is 2.34. The number of allylic oxidation sites excluding steroid dienone is 2. The highest BCUT2D eigenvalue weighted by Crippen LogP contribution is 2.29. The lowest BCUT2D eigenvalue weighted by molar-refractivity contribution is 0.164. The van der Waals surface area contributed by atoms with Crippen LogP contribution >= 0.6 is 0 Å². The van der Waals surface area contributed by atoms with Gasteiger partial charge in [0, 0.05) is 19.1 Å². The molecule has 1 unspecified atom stereocenters. The smallest absolute Gasteiger partial charge is 0.0558 e. The Bertz CT molecular complexity index is 198. The minimum atomic E-state index is 0.319. The lowest BCUT2D eigenvalue weighted by Gasteiger charge is -2.27. The van der Waals surface area contributed by atoms with Crippen LogP contribution in [0, 0.1) is 5.92 Å². The van der Waals surface area contributed by atoms with E-state index in [9.17, 15) is 0 Å². The van der Waals surface area contributed by atoms with E-state index in [1.807, 2.05) is 0 Å². The first-order valence-electron chi connectivity index (χ1n) is 5.90. The van der Waals surface area contributed by atoms with Crippen molar-refractivity contribution in [1.29, 1.82) is 0 Å². The average Bonchev–Trinajstić information content (AvgIpc) is 3.02. The molecule has 2 nitrogen and oxygen atoms in total. The molecule has 2 rings (SSSR count). The zero-order valence-corrected chi connectivity index (χ0v) is 8.86. The van der Waals surface area contributed by atoms with Crippen molar-refractivity contribution >= 4 is 0 Å². The number of aliphatic hydroxyl groups is 1. The zero-order valence-electron chi connectivity index (χ0n) is 8.86. The molecular formula is C12H21NO. The maximum atomic E-state index is 8.99. The zero-order chi connectivity index (χ0) is 9.80. The van der Waals surface area contributed by atoms with E-state index in [0.717, 1.165) is 18.5 Å². The van der Waals surface area contributed by atoms with Crippen molar-refractivity contribution in [2.75, 3.05) is 19.7 Å². The van der Waals surface area contributed by atoms with Gasteiger partial charge in [0.15, 0.2) is 0 Å². The second-order valence-electron chi connectivity index (χ2n) is 4.60. The van der Waals surface area contributed by atoms with Gasteiger partial charge in [0.05, 0.1) is 6.61 Å². The van der Waals surface area contributed by atoms with Gasteiger partial charge in [-0.15, -0.1) is 0 Å². The Morgan fingerprint density at radius 3 is 2.64 bits per heavy atom. The Labute approximate surface area is 86.6 Å². The molecule has 2 aliphatic carbocycles. The van der Waals surface area contributed by atoms with E-state index in [1.54, 1.807) is 0 Å². The summed E-state index contributed by atoms with van der Waals surface area (Å²) in [5.41, 5.74) is 0. The van der Waals surface area contributed by atoms with E-state index in [0.29, 0.717) is 6.61 Å². The highest BCUT2D eigenvalue weighted by atomic mass is 16.3. The highest BCUT2D eigenvalue weighted by Gasteiger charge is 2.29. The normalized spacial score (nSPS) is 27.1. The highest BCUT2D eigenvalue weighted by molar-refractivity contribution is 4.93. The molecule has 2 aliphatic rings. The van der Waals surface area contributed by atoms with Gasteiger partial charge < -0.3 is 5.11 Å². The van der Waals surface area contributed by atoms with Gasteiger partial charge in [0.25, 0.3) is 0 Å². The van der Waals surface area contributed by atoms with Crippen LogP contribution in [0.4, 0.5) is 0 Å². The molecule has 0 saturated heterocycles. The molecule has 80 valence electrons. The maximum Gasteiger partial charge on any atom is 0.0558 e. The van der Waals surface area contributed by atoms with Crippen molar-refractivity contribution < 1.29 is 5.11 Å². The van der Waals surface area contributed by atoms with E-state index >= 15 is 0 Å². The topological polar surface area (TPSA) is 23.5 Å².